The highest BCUT2D eigenvalue weighted by atomic mass is 127. The second kappa shape index (κ2) is 5.57. The molecule has 1 aliphatic carbocycles. The number of alkyl halides is 1. The van der Waals surface area contributed by atoms with Crippen LogP contribution in [0.15, 0.2) is 48.1 Å². The van der Waals surface area contributed by atoms with Crippen molar-refractivity contribution in [1.82, 2.24) is 0 Å². The summed E-state index contributed by atoms with van der Waals surface area (Å²) >= 11 is 2.68. The second-order valence-corrected chi connectivity index (χ2v) is 10.1. The number of benzene rings is 1. The maximum atomic E-state index is 2.68. The third kappa shape index (κ3) is 3.61. The average molecular weight is 394 g/mol. The molecule has 1 aliphatic rings. The molecule has 1 aromatic rings. The second-order valence-electron chi connectivity index (χ2n) is 8.17. The van der Waals surface area contributed by atoms with Crippen LogP contribution in [0.2, 0.25) is 0 Å². The summed E-state index contributed by atoms with van der Waals surface area (Å²) in [6.07, 6.45) is 6.03. The minimum absolute atomic E-state index is 0.160. The predicted octanol–water partition coefficient (Wildman–Crippen LogP) is 6.67. The zero-order chi connectivity index (χ0) is 15.9. The Morgan fingerprint density at radius 3 is 2.00 bits per heavy atom. The lowest BCUT2D eigenvalue weighted by Gasteiger charge is -2.43. The van der Waals surface area contributed by atoms with Crippen molar-refractivity contribution in [3.05, 3.63) is 53.6 Å². The Morgan fingerprint density at radius 1 is 0.952 bits per heavy atom. The molecule has 0 spiro atoms. The van der Waals surface area contributed by atoms with E-state index in [1.54, 1.807) is 0 Å². The molecular formula is C20H27I. The molecule has 2 rings (SSSR count). The van der Waals surface area contributed by atoms with Crippen LogP contribution >= 0.6 is 22.6 Å². The molecule has 0 N–H and O–H groups in total. The van der Waals surface area contributed by atoms with Crippen LogP contribution in [0.1, 0.15) is 53.5 Å². The standard InChI is InChI=1S/C20H27I/c1-18(2,3)17-12-16(15-10-8-7-9-11-15)13-20(21,14-17)19(4,5)6/h7-12,14H,13H2,1-6H3. The van der Waals surface area contributed by atoms with E-state index in [-0.39, 0.29) is 14.3 Å². The predicted molar refractivity (Wildman–Crippen MR) is 103 cm³/mol. The first kappa shape index (κ1) is 16.8. The van der Waals surface area contributed by atoms with E-state index in [1.165, 1.54) is 16.7 Å². The van der Waals surface area contributed by atoms with Crippen molar-refractivity contribution >= 4 is 28.2 Å². The minimum Gasteiger partial charge on any atom is -0.0733 e. The van der Waals surface area contributed by atoms with Gasteiger partial charge in [-0.1, -0.05) is 107 Å². The monoisotopic (exact) mass is 394 g/mol. The van der Waals surface area contributed by atoms with E-state index >= 15 is 0 Å². The highest BCUT2D eigenvalue weighted by Gasteiger charge is 2.41. The summed E-state index contributed by atoms with van der Waals surface area (Å²) in [6, 6.07) is 10.8. The SMILES string of the molecule is CC(C)(C)C1=CC(I)(C(C)(C)C)CC(c2ccccc2)=C1. The molecule has 0 saturated carbocycles. The summed E-state index contributed by atoms with van der Waals surface area (Å²) in [7, 11) is 0. The molecule has 21 heavy (non-hydrogen) atoms. The van der Waals surface area contributed by atoms with E-state index in [0.717, 1.165) is 6.42 Å². The largest absolute Gasteiger partial charge is 0.0733 e. The molecular weight excluding hydrogens is 367 g/mol. The Hall–Kier alpha value is -0.570. The van der Waals surface area contributed by atoms with Gasteiger partial charge in [0.15, 0.2) is 0 Å². The molecule has 1 atom stereocenters. The maximum absolute atomic E-state index is 2.68. The Labute approximate surface area is 143 Å². The molecule has 0 aliphatic heterocycles. The lowest BCUT2D eigenvalue weighted by atomic mass is 9.69. The zero-order valence-corrected chi connectivity index (χ0v) is 16.3. The molecule has 114 valence electrons. The first-order valence-corrected chi connectivity index (χ1v) is 8.79. The van der Waals surface area contributed by atoms with Gasteiger partial charge in [-0.25, -0.2) is 0 Å². The van der Waals surface area contributed by atoms with Gasteiger partial charge < -0.3 is 0 Å². The molecule has 0 amide bonds. The highest BCUT2D eigenvalue weighted by molar-refractivity contribution is 14.1. The fourth-order valence-electron chi connectivity index (χ4n) is 2.61. The van der Waals surface area contributed by atoms with Gasteiger partial charge >= 0.3 is 0 Å². The molecule has 0 bridgehead atoms. The Balaban J connectivity index is 2.54. The Morgan fingerprint density at radius 2 is 1.52 bits per heavy atom. The zero-order valence-electron chi connectivity index (χ0n) is 14.1. The molecule has 1 unspecified atom stereocenters. The van der Waals surface area contributed by atoms with Gasteiger partial charge in [0.25, 0.3) is 0 Å². The lowest BCUT2D eigenvalue weighted by Crippen LogP contribution is -2.37. The number of allylic oxidation sites excluding steroid dienone is 4. The summed E-state index contributed by atoms with van der Waals surface area (Å²) in [5.41, 5.74) is 4.70. The molecule has 0 fully saturated rings. The van der Waals surface area contributed by atoms with Gasteiger partial charge in [-0.05, 0) is 34.0 Å². The summed E-state index contributed by atoms with van der Waals surface area (Å²) < 4.78 is 0.160. The summed E-state index contributed by atoms with van der Waals surface area (Å²) in [6.45, 7) is 14.0. The van der Waals surface area contributed by atoms with Crippen molar-refractivity contribution in [2.45, 2.75) is 51.4 Å². The summed E-state index contributed by atoms with van der Waals surface area (Å²) in [4.78, 5) is 0. The van der Waals surface area contributed by atoms with E-state index in [4.69, 9.17) is 0 Å². The molecule has 0 radical (unpaired) electrons. The third-order valence-electron chi connectivity index (χ3n) is 4.42. The molecule has 1 heteroatoms. The van der Waals surface area contributed by atoms with Crippen molar-refractivity contribution in [3.63, 3.8) is 0 Å². The van der Waals surface area contributed by atoms with Crippen LogP contribution in [-0.2, 0) is 0 Å². The fraction of sp³-hybridized carbons (Fsp3) is 0.500. The summed E-state index contributed by atoms with van der Waals surface area (Å²) in [5, 5.41) is 0. The van der Waals surface area contributed by atoms with Gasteiger partial charge in [-0.2, -0.15) is 0 Å². The molecule has 0 saturated heterocycles. The van der Waals surface area contributed by atoms with Crippen molar-refractivity contribution in [2.24, 2.45) is 10.8 Å². The van der Waals surface area contributed by atoms with Gasteiger partial charge in [0, 0.05) is 3.42 Å². The van der Waals surface area contributed by atoms with Gasteiger partial charge in [-0.15, -0.1) is 0 Å². The van der Waals surface area contributed by atoms with Crippen LogP contribution in [-0.4, -0.2) is 3.42 Å². The van der Waals surface area contributed by atoms with E-state index in [2.05, 4.69) is 107 Å². The third-order valence-corrected chi connectivity index (χ3v) is 6.73. The Kier molecular flexibility index (Phi) is 4.45. The number of hydrogen-bond donors (Lipinski definition) is 0. The van der Waals surface area contributed by atoms with Crippen LogP contribution in [0.5, 0.6) is 0 Å². The van der Waals surface area contributed by atoms with E-state index < -0.39 is 0 Å². The van der Waals surface area contributed by atoms with E-state index in [1.807, 2.05) is 0 Å². The van der Waals surface area contributed by atoms with Crippen molar-refractivity contribution < 1.29 is 0 Å². The van der Waals surface area contributed by atoms with Gasteiger partial charge in [0.2, 0.25) is 0 Å². The van der Waals surface area contributed by atoms with E-state index in [0.29, 0.717) is 0 Å². The first-order valence-electron chi connectivity index (χ1n) is 7.71. The van der Waals surface area contributed by atoms with Crippen LogP contribution in [0.25, 0.3) is 5.57 Å². The van der Waals surface area contributed by atoms with Gasteiger partial charge in [0.1, 0.15) is 0 Å². The molecule has 1 aromatic carbocycles. The molecule has 0 nitrogen and oxygen atoms in total. The fourth-order valence-corrected chi connectivity index (χ4v) is 3.35. The van der Waals surface area contributed by atoms with Crippen LogP contribution in [0, 0.1) is 10.8 Å². The molecule has 0 aromatic heterocycles. The van der Waals surface area contributed by atoms with Crippen molar-refractivity contribution in [2.75, 3.05) is 0 Å². The number of hydrogen-bond acceptors (Lipinski definition) is 0. The highest BCUT2D eigenvalue weighted by Crippen LogP contribution is 2.51. The summed E-state index contributed by atoms with van der Waals surface area (Å²) in [5.74, 6) is 0. The van der Waals surface area contributed by atoms with Crippen LogP contribution in [0.3, 0.4) is 0 Å². The van der Waals surface area contributed by atoms with Crippen molar-refractivity contribution in [3.8, 4) is 0 Å². The minimum atomic E-state index is 0.160. The Bertz CT molecular complexity index is 564. The smallest absolute Gasteiger partial charge is 0.0495 e. The van der Waals surface area contributed by atoms with Gasteiger partial charge in [-0.3, -0.25) is 0 Å². The maximum Gasteiger partial charge on any atom is 0.0495 e. The number of halogens is 1. The van der Waals surface area contributed by atoms with Crippen molar-refractivity contribution in [1.29, 1.82) is 0 Å². The normalized spacial score (nSPS) is 23.6. The average Bonchev–Trinajstić information content (AvgIpc) is 2.37. The van der Waals surface area contributed by atoms with Gasteiger partial charge in [0.05, 0.1) is 0 Å². The van der Waals surface area contributed by atoms with E-state index in [9.17, 15) is 0 Å². The first-order chi connectivity index (χ1) is 9.53. The topological polar surface area (TPSA) is 0 Å². The lowest BCUT2D eigenvalue weighted by molar-refractivity contribution is 0.341. The quantitative estimate of drug-likeness (QED) is 0.369. The molecule has 0 heterocycles. The van der Waals surface area contributed by atoms with Crippen LogP contribution < -0.4 is 0 Å². The van der Waals surface area contributed by atoms with Crippen LogP contribution in [0.4, 0.5) is 0 Å². The number of rotatable bonds is 1.